The summed E-state index contributed by atoms with van der Waals surface area (Å²) in [6.07, 6.45) is 0.404. The molecule has 0 aliphatic carbocycles. The van der Waals surface area contributed by atoms with E-state index >= 15 is 0 Å². The molecule has 2 N–H and O–H groups in total. The number of nitrogens with one attached hydrogen (secondary N) is 2. The number of carbonyl (C=O) groups is 1. The van der Waals surface area contributed by atoms with Gasteiger partial charge in [0.15, 0.2) is 0 Å². The van der Waals surface area contributed by atoms with Crippen LogP contribution in [0.5, 0.6) is 11.5 Å². The number of aromatic amines is 1. The van der Waals surface area contributed by atoms with Gasteiger partial charge in [0.2, 0.25) is 5.95 Å². The Bertz CT molecular complexity index is 1720. The Labute approximate surface area is 231 Å². The molecule has 0 saturated carbocycles. The van der Waals surface area contributed by atoms with E-state index in [1.54, 1.807) is 23.7 Å². The van der Waals surface area contributed by atoms with Crippen molar-refractivity contribution in [3.05, 3.63) is 112 Å². The van der Waals surface area contributed by atoms with E-state index in [9.17, 15) is 9.59 Å². The van der Waals surface area contributed by atoms with E-state index in [1.807, 2.05) is 78.9 Å². The van der Waals surface area contributed by atoms with Crippen LogP contribution < -0.4 is 20.3 Å². The second-order valence-corrected chi connectivity index (χ2v) is 9.62. The second-order valence-electron chi connectivity index (χ2n) is 9.62. The van der Waals surface area contributed by atoms with Crippen molar-refractivity contribution < 1.29 is 14.3 Å². The average Bonchev–Trinajstić information content (AvgIpc) is 3.44. The van der Waals surface area contributed by atoms with Gasteiger partial charge in [0.05, 0.1) is 32.1 Å². The van der Waals surface area contributed by atoms with Crippen LogP contribution in [0.4, 0.5) is 5.95 Å². The Morgan fingerprint density at radius 2 is 1.77 bits per heavy atom. The molecule has 5 aromatic rings. The quantitative estimate of drug-likeness (QED) is 0.317. The van der Waals surface area contributed by atoms with Gasteiger partial charge in [-0.25, -0.2) is 9.55 Å². The van der Waals surface area contributed by atoms with Gasteiger partial charge in [-0.05, 0) is 48.4 Å². The zero-order valence-electron chi connectivity index (χ0n) is 22.3. The van der Waals surface area contributed by atoms with Gasteiger partial charge in [-0.2, -0.15) is 0 Å². The van der Waals surface area contributed by atoms with Gasteiger partial charge in [-0.15, -0.1) is 0 Å². The van der Waals surface area contributed by atoms with E-state index in [0.29, 0.717) is 53.8 Å². The first-order valence-electron chi connectivity index (χ1n) is 13.1. The molecule has 3 aromatic carbocycles. The Morgan fingerprint density at radius 3 is 2.55 bits per heavy atom. The maximum absolute atomic E-state index is 14.0. The third-order valence-electron chi connectivity index (χ3n) is 7.22. The Morgan fingerprint density at radius 1 is 1.00 bits per heavy atom. The standard InChI is InChI=1S/C31H29N5O4/c1-39-22-13-11-20(12-14-22)18-32-31-34-26-19-35(30(38)25-17-21-7-3-4-8-24(21)33-25)16-15-23(26)29(37)36(31)27-9-5-6-10-28(27)40-2/h3-14,17,33H,15-16,18-19H2,1-2H3,(H,32,34). The molecular weight excluding hydrogens is 506 g/mol. The van der Waals surface area contributed by atoms with Gasteiger partial charge < -0.3 is 24.7 Å². The topological polar surface area (TPSA) is 101 Å². The van der Waals surface area contributed by atoms with Crippen LogP contribution in [0.2, 0.25) is 0 Å². The number of ether oxygens (including phenoxy) is 2. The lowest BCUT2D eigenvalue weighted by Gasteiger charge is -2.29. The number of carbonyl (C=O) groups excluding carboxylic acids is 1. The smallest absolute Gasteiger partial charge is 0.270 e. The van der Waals surface area contributed by atoms with Crippen LogP contribution in [0.25, 0.3) is 16.6 Å². The lowest BCUT2D eigenvalue weighted by atomic mass is 10.1. The number of amides is 1. The van der Waals surface area contributed by atoms with Gasteiger partial charge in [0.25, 0.3) is 11.5 Å². The van der Waals surface area contributed by atoms with E-state index in [-0.39, 0.29) is 18.0 Å². The van der Waals surface area contributed by atoms with Crippen LogP contribution >= 0.6 is 0 Å². The highest BCUT2D eigenvalue weighted by atomic mass is 16.5. The number of nitrogens with zero attached hydrogens (tertiary/aromatic N) is 3. The molecule has 0 saturated heterocycles. The van der Waals surface area contributed by atoms with Crippen molar-refractivity contribution in [1.82, 2.24) is 19.4 Å². The van der Waals surface area contributed by atoms with Crippen LogP contribution in [-0.2, 0) is 19.5 Å². The van der Waals surface area contributed by atoms with E-state index in [1.165, 1.54) is 0 Å². The third-order valence-corrected chi connectivity index (χ3v) is 7.22. The lowest BCUT2D eigenvalue weighted by Crippen LogP contribution is -2.41. The normalized spacial score (nSPS) is 12.7. The fourth-order valence-electron chi connectivity index (χ4n) is 5.10. The summed E-state index contributed by atoms with van der Waals surface area (Å²) in [6, 6.07) is 24.7. The van der Waals surface area contributed by atoms with Crippen LogP contribution in [0, 0.1) is 0 Å². The highest BCUT2D eigenvalue weighted by molar-refractivity contribution is 5.98. The predicted molar refractivity (Wildman–Crippen MR) is 153 cm³/mol. The summed E-state index contributed by atoms with van der Waals surface area (Å²) in [6.45, 7) is 1.09. The van der Waals surface area contributed by atoms with Crippen molar-refractivity contribution >= 4 is 22.8 Å². The number of anilines is 1. The average molecular weight is 536 g/mol. The summed E-state index contributed by atoms with van der Waals surface area (Å²) < 4.78 is 12.4. The molecule has 0 atom stereocenters. The Balaban J connectivity index is 1.36. The van der Waals surface area contributed by atoms with Gasteiger partial charge in [0, 0.05) is 29.6 Å². The number of fused-ring (bicyclic) bond motifs is 2. The summed E-state index contributed by atoms with van der Waals surface area (Å²) in [5, 5.41) is 4.33. The maximum Gasteiger partial charge on any atom is 0.270 e. The molecule has 202 valence electrons. The molecule has 9 heteroatoms. The molecule has 0 bridgehead atoms. The van der Waals surface area contributed by atoms with Gasteiger partial charge in [0.1, 0.15) is 17.2 Å². The molecular formula is C31H29N5O4. The Hall–Kier alpha value is -5.05. The molecule has 2 aromatic heterocycles. The number of benzene rings is 3. The van der Waals surface area contributed by atoms with Crippen molar-refractivity contribution in [3.63, 3.8) is 0 Å². The monoisotopic (exact) mass is 535 g/mol. The number of aromatic nitrogens is 3. The first-order valence-corrected chi connectivity index (χ1v) is 13.1. The maximum atomic E-state index is 14.0. The summed E-state index contributed by atoms with van der Waals surface area (Å²) >= 11 is 0. The summed E-state index contributed by atoms with van der Waals surface area (Å²) in [4.78, 5) is 37.3. The van der Waals surface area contributed by atoms with Crippen molar-refractivity contribution in [1.29, 1.82) is 0 Å². The van der Waals surface area contributed by atoms with Gasteiger partial charge in [-0.3, -0.25) is 9.59 Å². The zero-order chi connectivity index (χ0) is 27.6. The molecule has 1 aliphatic heterocycles. The summed E-state index contributed by atoms with van der Waals surface area (Å²) in [5.74, 6) is 1.58. The van der Waals surface area contributed by atoms with E-state index in [0.717, 1.165) is 22.2 Å². The molecule has 9 nitrogen and oxygen atoms in total. The molecule has 6 rings (SSSR count). The second kappa shape index (κ2) is 10.6. The molecule has 1 aliphatic rings. The number of H-pyrrole nitrogens is 1. The van der Waals surface area contributed by atoms with Crippen LogP contribution in [-0.4, -0.2) is 46.1 Å². The fourth-order valence-corrected chi connectivity index (χ4v) is 5.10. The fraction of sp³-hybridized carbons (Fsp3) is 0.194. The molecule has 1 amide bonds. The summed E-state index contributed by atoms with van der Waals surface area (Å²) in [7, 11) is 3.20. The van der Waals surface area contributed by atoms with Crippen molar-refractivity contribution in [2.45, 2.75) is 19.5 Å². The minimum Gasteiger partial charge on any atom is -0.497 e. The minimum atomic E-state index is -0.176. The number of rotatable bonds is 7. The van der Waals surface area contributed by atoms with Gasteiger partial charge >= 0.3 is 0 Å². The SMILES string of the molecule is COc1ccc(CNc2nc3c(c(=O)n2-c2ccccc2OC)CCN(C(=O)c2cc4ccccc4[nH]2)C3)cc1. The van der Waals surface area contributed by atoms with Crippen molar-refractivity contribution in [2.24, 2.45) is 0 Å². The van der Waals surface area contributed by atoms with Crippen molar-refractivity contribution in [2.75, 3.05) is 26.1 Å². The van der Waals surface area contributed by atoms with Gasteiger partial charge in [-0.1, -0.05) is 42.5 Å². The molecule has 0 radical (unpaired) electrons. The minimum absolute atomic E-state index is 0.120. The first kappa shape index (κ1) is 25.2. The van der Waals surface area contributed by atoms with Crippen LogP contribution in [0.1, 0.15) is 27.3 Å². The van der Waals surface area contributed by atoms with Crippen LogP contribution in [0.3, 0.4) is 0 Å². The molecule has 0 unspecified atom stereocenters. The lowest BCUT2D eigenvalue weighted by molar-refractivity contribution is 0.0726. The van der Waals surface area contributed by atoms with E-state index in [4.69, 9.17) is 14.5 Å². The number of hydrogen-bond acceptors (Lipinski definition) is 6. The third kappa shape index (κ3) is 4.66. The van der Waals surface area contributed by atoms with Crippen molar-refractivity contribution in [3.8, 4) is 17.2 Å². The van der Waals surface area contributed by atoms with Crippen LogP contribution in [0.15, 0.2) is 83.7 Å². The largest absolute Gasteiger partial charge is 0.497 e. The van der Waals surface area contributed by atoms with E-state index in [2.05, 4.69) is 10.3 Å². The number of para-hydroxylation sites is 3. The predicted octanol–water partition coefficient (Wildman–Crippen LogP) is 4.54. The highest BCUT2D eigenvalue weighted by Crippen LogP contribution is 2.27. The Kier molecular flexibility index (Phi) is 6.69. The molecule has 0 spiro atoms. The molecule has 0 fully saturated rings. The first-order chi connectivity index (χ1) is 19.6. The van der Waals surface area contributed by atoms with E-state index < -0.39 is 0 Å². The highest BCUT2D eigenvalue weighted by Gasteiger charge is 2.28. The number of hydrogen-bond donors (Lipinski definition) is 2. The molecule has 3 heterocycles. The molecule has 40 heavy (non-hydrogen) atoms. The zero-order valence-corrected chi connectivity index (χ0v) is 22.3. The summed E-state index contributed by atoms with van der Waals surface area (Å²) in [5.41, 5.74) is 4.03. The number of methoxy groups -OCH3 is 2.